The number of unbranched alkanes of at least 4 members (excludes halogenated alkanes) is 2. The van der Waals surface area contributed by atoms with Crippen molar-refractivity contribution in [1.29, 1.82) is 5.26 Å². The molecule has 3 nitrogen and oxygen atoms in total. The van der Waals surface area contributed by atoms with Crippen LogP contribution in [0.2, 0.25) is 0 Å². The summed E-state index contributed by atoms with van der Waals surface area (Å²) in [6, 6.07) is 18.1. The average molecular weight is 315 g/mol. The van der Waals surface area contributed by atoms with Crippen LogP contribution in [-0.2, 0) is 6.42 Å². The molecule has 3 aromatic rings. The van der Waals surface area contributed by atoms with Crippen LogP contribution in [0.3, 0.4) is 0 Å². The van der Waals surface area contributed by atoms with Crippen LogP contribution in [0.5, 0.6) is 0 Å². The van der Waals surface area contributed by atoms with Crippen molar-refractivity contribution in [3.63, 3.8) is 0 Å². The van der Waals surface area contributed by atoms with Crippen molar-refractivity contribution in [2.45, 2.75) is 32.6 Å². The average Bonchev–Trinajstić information content (AvgIpc) is 2.62. The van der Waals surface area contributed by atoms with Crippen LogP contribution in [0.15, 0.2) is 48.5 Å². The Kier molecular flexibility index (Phi) is 4.77. The molecule has 2 N–H and O–H groups in total. The summed E-state index contributed by atoms with van der Waals surface area (Å²) in [6.07, 6.45) is 4.49. The highest BCUT2D eigenvalue weighted by molar-refractivity contribution is 5.95. The summed E-state index contributed by atoms with van der Waals surface area (Å²) in [6.45, 7) is 2.20. The van der Waals surface area contributed by atoms with Gasteiger partial charge in [0.25, 0.3) is 0 Å². The first-order chi connectivity index (χ1) is 11.7. The Hall–Kier alpha value is -2.86. The van der Waals surface area contributed by atoms with Crippen LogP contribution >= 0.6 is 0 Å². The molecule has 0 unspecified atom stereocenters. The Morgan fingerprint density at radius 2 is 1.88 bits per heavy atom. The number of aromatic nitrogens is 1. The van der Waals surface area contributed by atoms with Gasteiger partial charge < -0.3 is 5.73 Å². The third-order valence-electron chi connectivity index (χ3n) is 4.35. The zero-order chi connectivity index (χ0) is 16.9. The maximum absolute atomic E-state index is 8.97. The first-order valence-electron chi connectivity index (χ1n) is 8.41. The van der Waals surface area contributed by atoms with Crippen molar-refractivity contribution < 1.29 is 0 Å². The minimum absolute atomic E-state index is 0.635. The van der Waals surface area contributed by atoms with Crippen LogP contribution in [0.4, 0.5) is 5.82 Å². The monoisotopic (exact) mass is 315 g/mol. The third kappa shape index (κ3) is 3.23. The van der Waals surface area contributed by atoms with E-state index in [-0.39, 0.29) is 0 Å². The van der Waals surface area contributed by atoms with E-state index in [0.29, 0.717) is 11.4 Å². The number of nitriles is 1. The van der Waals surface area contributed by atoms with Crippen molar-refractivity contribution in [2.75, 3.05) is 5.73 Å². The molecule has 0 fully saturated rings. The minimum atomic E-state index is 0.635. The Labute approximate surface area is 142 Å². The summed E-state index contributed by atoms with van der Waals surface area (Å²) in [5.74, 6) is 0.635. The van der Waals surface area contributed by atoms with E-state index in [1.165, 1.54) is 12.8 Å². The number of nitrogens with two attached hydrogens (primary N) is 1. The Morgan fingerprint density at radius 3 is 2.58 bits per heavy atom. The van der Waals surface area contributed by atoms with E-state index in [2.05, 4.69) is 30.1 Å². The molecule has 0 atom stereocenters. The van der Waals surface area contributed by atoms with Gasteiger partial charge >= 0.3 is 0 Å². The molecule has 0 aliphatic heterocycles. The molecule has 0 bridgehead atoms. The standard InChI is InChI=1S/C21H21N3/c1-2-3-4-6-17-13-19-18(7-5-8-20(19)24-21(17)23)16-11-9-15(14-22)10-12-16/h5,7-13H,2-4,6H2,1H3,(H2,23,24). The number of nitrogen functional groups attached to an aromatic ring is 1. The Morgan fingerprint density at radius 1 is 1.08 bits per heavy atom. The van der Waals surface area contributed by atoms with E-state index in [9.17, 15) is 0 Å². The van der Waals surface area contributed by atoms with Gasteiger partial charge in [-0.2, -0.15) is 5.26 Å². The van der Waals surface area contributed by atoms with E-state index in [0.717, 1.165) is 40.4 Å². The molecule has 3 rings (SSSR count). The van der Waals surface area contributed by atoms with Gasteiger partial charge in [0, 0.05) is 5.39 Å². The van der Waals surface area contributed by atoms with E-state index >= 15 is 0 Å². The maximum atomic E-state index is 8.97. The number of pyridine rings is 1. The number of hydrogen-bond acceptors (Lipinski definition) is 3. The van der Waals surface area contributed by atoms with Crippen LogP contribution in [0.25, 0.3) is 22.0 Å². The highest BCUT2D eigenvalue weighted by Crippen LogP contribution is 2.30. The summed E-state index contributed by atoms with van der Waals surface area (Å²) >= 11 is 0. The van der Waals surface area contributed by atoms with Gasteiger partial charge in [-0.3, -0.25) is 0 Å². The molecule has 0 spiro atoms. The molecule has 1 heterocycles. The molecular weight excluding hydrogens is 294 g/mol. The Balaban J connectivity index is 2.07. The molecule has 0 saturated carbocycles. The van der Waals surface area contributed by atoms with Gasteiger partial charge in [0.2, 0.25) is 0 Å². The van der Waals surface area contributed by atoms with Crippen molar-refractivity contribution in [2.24, 2.45) is 0 Å². The summed E-state index contributed by atoms with van der Waals surface area (Å²) in [7, 11) is 0. The molecule has 2 aromatic carbocycles. The van der Waals surface area contributed by atoms with Crippen LogP contribution in [0.1, 0.15) is 37.3 Å². The second-order valence-electron chi connectivity index (χ2n) is 6.05. The van der Waals surface area contributed by atoms with E-state index in [1.54, 1.807) is 0 Å². The zero-order valence-corrected chi connectivity index (χ0v) is 13.9. The first kappa shape index (κ1) is 16.0. The van der Waals surface area contributed by atoms with Gasteiger partial charge in [-0.1, -0.05) is 44.0 Å². The fourth-order valence-electron chi connectivity index (χ4n) is 2.99. The number of hydrogen-bond donors (Lipinski definition) is 1. The molecule has 120 valence electrons. The lowest BCUT2D eigenvalue weighted by Crippen LogP contribution is -1.99. The molecule has 3 heteroatoms. The maximum Gasteiger partial charge on any atom is 0.127 e. The van der Waals surface area contributed by atoms with Gasteiger partial charge in [0.05, 0.1) is 17.1 Å². The zero-order valence-electron chi connectivity index (χ0n) is 13.9. The van der Waals surface area contributed by atoms with Gasteiger partial charge in [-0.05, 0) is 53.8 Å². The predicted molar refractivity (Wildman–Crippen MR) is 99.5 cm³/mol. The van der Waals surface area contributed by atoms with E-state index in [1.807, 2.05) is 36.4 Å². The summed E-state index contributed by atoms with van der Waals surface area (Å²) in [5.41, 5.74) is 11.1. The minimum Gasteiger partial charge on any atom is -0.383 e. The predicted octanol–water partition coefficient (Wildman–Crippen LogP) is 5.09. The summed E-state index contributed by atoms with van der Waals surface area (Å²) in [4.78, 5) is 4.60. The molecular formula is C21H21N3. The number of aryl methyl sites for hydroxylation is 1. The molecule has 0 radical (unpaired) electrons. The second-order valence-corrected chi connectivity index (χ2v) is 6.05. The lowest BCUT2D eigenvalue weighted by molar-refractivity contribution is 0.718. The molecule has 1 aromatic heterocycles. The number of benzene rings is 2. The highest BCUT2D eigenvalue weighted by Gasteiger charge is 2.09. The van der Waals surface area contributed by atoms with Crippen molar-refractivity contribution in [1.82, 2.24) is 4.98 Å². The number of rotatable bonds is 5. The number of fused-ring (bicyclic) bond motifs is 1. The number of nitrogens with zero attached hydrogens (tertiary/aromatic N) is 2. The molecule has 0 aliphatic rings. The second kappa shape index (κ2) is 7.14. The van der Waals surface area contributed by atoms with Gasteiger partial charge in [0.15, 0.2) is 0 Å². The lowest BCUT2D eigenvalue weighted by atomic mass is 9.97. The first-order valence-corrected chi connectivity index (χ1v) is 8.41. The fourth-order valence-corrected chi connectivity index (χ4v) is 2.99. The SMILES string of the molecule is CCCCCc1cc2c(-c3ccc(C#N)cc3)cccc2nc1N. The van der Waals surface area contributed by atoms with Crippen molar-refractivity contribution in [3.05, 3.63) is 59.7 Å². The van der Waals surface area contributed by atoms with Crippen LogP contribution in [0, 0.1) is 11.3 Å². The van der Waals surface area contributed by atoms with Crippen LogP contribution < -0.4 is 5.73 Å². The van der Waals surface area contributed by atoms with Gasteiger partial charge in [0.1, 0.15) is 5.82 Å². The van der Waals surface area contributed by atoms with Gasteiger partial charge in [-0.25, -0.2) is 4.98 Å². The molecule has 0 saturated heterocycles. The largest absolute Gasteiger partial charge is 0.383 e. The smallest absolute Gasteiger partial charge is 0.127 e. The fraction of sp³-hybridized carbons (Fsp3) is 0.238. The topological polar surface area (TPSA) is 62.7 Å². The molecule has 24 heavy (non-hydrogen) atoms. The van der Waals surface area contributed by atoms with Crippen molar-refractivity contribution >= 4 is 16.7 Å². The Bertz CT molecular complexity index is 889. The van der Waals surface area contributed by atoms with Crippen molar-refractivity contribution in [3.8, 4) is 17.2 Å². The van der Waals surface area contributed by atoms with E-state index in [4.69, 9.17) is 11.0 Å². The molecule has 0 amide bonds. The summed E-state index contributed by atoms with van der Waals surface area (Å²) in [5, 5.41) is 10.1. The number of anilines is 1. The normalized spacial score (nSPS) is 10.7. The van der Waals surface area contributed by atoms with Crippen LogP contribution in [-0.4, -0.2) is 4.98 Å². The quantitative estimate of drug-likeness (QED) is 0.667. The molecule has 0 aliphatic carbocycles. The van der Waals surface area contributed by atoms with E-state index < -0.39 is 0 Å². The third-order valence-corrected chi connectivity index (χ3v) is 4.35. The lowest BCUT2D eigenvalue weighted by Gasteiger charge is -2.11. The highest BCUT2D eigenvalue weighted by atomic mass is 14.8. The van der Waals surface area contributed by atoms with Gasteiger partial charge in [-0.15, -0.1) is 0 Å². The summed E-state index contributed by atoms with van der Waals surface area (Å²) < 4.78 is 0.